The van der Waals surface area contributed by atoms with Gasteiger partial charge in [0.25, 0.3) is 0 Å². The molecule has 2 atom stereocenters. The van der Waals surface area contributed by atoms with Gasteiger partial charge in [-0.15, -0.1) is 15.3 Å². The highest BCUT2D eigenvalue weighted by molar-refractivity contribution is 5.75. The number of phenols is 1. The Bertz CT molecular complexity index is 1240. The molecule has 0 radical (unpaired) electrons. The van der Waals surface area contributed by atoms with Gasteiger partial charge in [-0.1, -0.05) is 33.1 Å². The Labute approximate surface area is 221 Å². The van der Waals surface area contributed by atoms with Crippen molar-refractivity contribution in [3.05, 3.63) is 42.1 Å². The zero-order valence-electron chi connectivity index (χ0n) is 22.1. The highest BCUT2D eigenvalue weighted by atomic mass is 19.2. The summed E-state index contributed by atoms with van der Waals surface area (Å²) in [6.45, 7) is 4.12. The number of rotatable bonds is 9. The molecule has 38 heavy (non-hydrogen) atoms. The highest BCUT2D eigenvalue weighted by Gasteiger charge is 2.33. The molecule has 10 heteroatoms. The lowest BCUT2D eigenvalue weighted by molar-refractivity contribution is 0.235. The predicted molar refractivity (Wildman–Crippen MR) is 140 cm³/mol. The molecule has 2 heterocycles. The molecule has 0 saturated heterocycles. The number of aromatic nitrogens is 4. The Morgan fingerprint density at radius 2 is 1.95 bits per heavy atom. The Kier molecular flexibility index (Phi) is 8.69. The number of nitrogens with zero attached hydrogens (tertiary/aromatic N) is 5. The zero-order chi connectivity index (χ0) is 27.3. The number of halogens is 3. The van der Waals surface area contributed by atoms with E-state index in [-0.39, 0.29) is 40.7 Å². The smallest absolute Gasteiger partial charge is 0.233 e. The van der Waals surface area contributed by atoms with E-state index in [0.717, 1.165) is 51.0 Å². The normalized spacial score (nSPS) is 19.7. The maximum atomic E-state index is 15.2. The minimum atomic E-state index is -1.27. The first-order chi connectivity index (χ1) is 18.3. The molecule has 0 bridgehead atoms. The van der Waals surface area contributed by atoms with Gasteiger partial charge in [-0.05, 0) is 49.3 Å². The van der Waals surface area contributed by atoms with E-state index in [4.69, 9.17) is 4.74 Å². The number of phenolic OH excluding ortho intramolecular Hbond substituents is 1. The summed E-state index contributed by atoms with van der Waals surface area (Å²) in [5, 5.41) is 26.5. The van der Waals surface area contributed by atoms with Crippen LogP contribution >= 0.6 is 0 Å². The van der Waals surface area contributed by atoms with Crippen LogP contribution in [0, 0.1) is 17.0 Å². The van der Waals surface area contributed by atoms with Gasteiger partial charge in [-0.25, -0.2) is 13.2 Å². The van der Waals surface area contributed by atoms with Gasteiger partial charge in [0.05, 0.1) is 24.6 Å². The number of ether oxygens (including phenoxy) is 1. The van der Waals surface area contributed by atoms with Crippen LogP contribution in [-0.2, 0) is 0 Å². The number of methoxy groups -OCH3 is 1. The van der Waals surface area contributed by atoms with Gasteiger partial charge in [0, 0.05) is 29.8 Å². The summed E-state index contributed by atoms with van der Waals surface area (Å²) in [5.41, 5.74) is -0.255. The fraction of sp³-hybridized carbons (Fsp3) is 0.500. The molecule has 0 spiro atoms. The molecule has 7 nitrogen and oxygen atoms in total. The van der Waals surface area contributed by atoms with Crippen LogP contribution in [0.25, 0.3) is 22.4 Å². The van der Waals surface area contributed by atoms with Crippen molar-refractivity contribution in [3.8, 4) is 34.0 Å². The monoisotopic (exact) mass is 529 g/mol. The number of anilines is 1. The van der Waals surface area contributed by atoms with Gasteiger partial charge in [0.1, 0.15) is 12.4 Å². The van der Waals surface area contributed by atoms with Crippen LogP contribution in [0.15, 0.2) is 30.5 Å². The maximum Gasteiger partial charge on any atom is 0.233 e. The average Bonchev–Trinajstić information content (AvgIpc) is 3.11. The van der Waals surface area contributed by atoms with Crippen molar-refractivity contribution in [2.45, 2.75) is 64.8 Å². The molecule has 0 unspecified atom stereocenters. The maximum absolute atomic E-state index is 15.2. The molecular formula is C28H34F3N5O2. The third-order valence-electron chi connectivity index (χ3n) is 7.45. The van der Waals surface area contributed by atoms with E-state index >= 15 is 8.78 Å². The Hall–Kier alpha value is -3.43. The second kappa shape index (κ2) is 12.0. The fourth-order valence-corrected chi connectivity index (χ4v) is 5.65. The number of benzene rings is 1. The topological polar surface area (TPSA) is 84.3 Å². The lowest BCUT2D eigenvalue weighted by Gasteiger charge is -2.37. The lowest BCUT2D eigenvalue weighted by atomic mass is 9.77. The SMILES string of the molecule is CCC[C@]1(C)CCCC[C@H](N(CCF)c2ccc(-c3c(O)cc(-c4cnnc(OC)c4)c(F)c3F)nn2)C1. The number of alkyl halides is 1. The van der Waals surface area contributed by atoms with Gasteiger partial charge < -0.3 is 14.7 Å². The van der Waals surface area contributed by atoms with Crippen molar-refractivity contribution in [1.82, 2.24) is 20.4 Å². The first-order valence-corrected chi connectivity index (χ1v) is 13.0. The first-order valence-electron chi connectivity index (χ1n) is 13.0. The van der Waals surface area contributed by atoms with E-state index in [9.17, 15) is 9.50 Å². The fourth-order valence-electron chi connectivity index (χ4n) is 5.65. The van der Waals surface area contributed by atoms with Gasteiger partial charge in [-0.3, -0.25) is 0 Å². The minimum Gasteiger partial charge on any atom is -0.507 e. The summed E-state index contributed by atoms with van der Waals surface area (Å²) in [4.78, 5) is 1.94. The summed E-state index contributed by atoms with van der Waals surface area (Å²) in [7, 11) is 1.38. The van der Waals surface area contributed by atoms with Gasteiger partial charge in [0.2, 0.25) is 5.88 Å². The van der Waals surface area contributed by atoms with E-state index < -0.39 is 29.6 Å². The van der Waals surface area contributed by atoms with Crippen molar-refractivity contribution < 1.29 is 23.0 Å². The number of hydrogen-bond donors (Lipinski definition) is 1. The molecule has 0 aliphatic heterocycles. The molecule has 1 aliphatic carbocycles. The van der Waals surface area contributed by atoms with Crippen LogP contribution < -0.4 is 9.64 Å². The quantitative estimate of drug-likeness (QED) is 0.316. The van der Waals surface area contributed by atoms with Crippen LogP contribution in [0.3, 0.4) is 0 Å². The third kappa shape index (κ3) is 5.84. The molecule has 1 N–H and O–H groups in total. The highest BCUT2D eigenvalue weighted by Crippen LogP contribution is 2.41. The van der Waals surface area contributed by atoms with Crippen LogP contribution in [0.5, 0.6) is 11.6 Å². The van der Waals surface area contributed by atoms with Crippen LogP contribution in [-0.4, -0.2) is 51.9 Å². The Balaban J connectivity index is 1.65. The number of hydrogen-bond acceptors (Lipinski definition) is 7. The Morgan fingerprint density at radius 3 is 2.63 bits per heavy atom. The van der Waals surface area contributed by atoms with Gasteiger partial charge >= 0.3 is 0 Å². The molecule has 1 aromatic carbocycles. The van der Waals surface area contributed by atoms with E-state index in [1.165, 1.54) is 25.4 Å². The van der Waals surface area contributed by atoms with Gasteiger partial charge in [-0.2, -0.15) is 5.10 Å². The second-order valence-corrected chi connectivity index (χ2v) is 10.3. The van der Waals surface area contributed by atoms with Crippen LogP contribution in [0.4, 0.5) is 19.0 Å². The third-order valence-corrected chi connectivity index (χ3v) is 7.45. The molecule has 0 amide bonds. The van der Waals surface area contributed by atoms with Crippen LogP contribution in [0.2, 0.25) is 0 Å². The molecule has 2 aromatic heterocycles. The molecular weight excluding hydrogens is 495 g/mol. The van der Waals surface area contributed by atoms with E-state index in [1.54, 1.807) is 6.07 Å². The summed E-state index contributed by atoms with van der Waals surface area (Å²) in [6.07, 6.45) is 8.66. The zero-order valence-corrected chi connectivity index (χ0v) is 22.1. The molecule has 4 rings (SSSR count). The molecule has 1 aliphatic rings. The van der Waals surface area contributed by atoms with E-state index in [2.05, 4.69) is 34.2 Å². The Morgan fingerprint density at radius 1 is 1.13 bits per heavy atom. The lowest BCUT2D eigenvalue weighted by Crippen LogP contribution is -2.40. The van der Waals surface area contributed by atoms with Crippen LogP contribution in [0.1, 0.15) is 58.8 Å². The standard InChI is InChI=1S/C28H34F3N5O2/c1-4-10-28(2)11-6-5-7-19(16-28)36(13-12-29)23-9-8-21(33-34-23)25-22(37)15-20(26(30)27(25)31)18-14-24(38-3)35-32-17-18/h8-9,14-15,17,19,37H,4-7,10-13,16H2,1-3H3/t19-,28+/m0/s1. The van der Waals surface area contributed by atoms with Crippen molar-refractivity contribution in [3.63, 3.8) is 0 Å². The van der Waals surface area contributed by atoms with Crippen molar-refractivity contribution in [2.24, 2.45) is 5.41 Å². The molecule has 1 saturated carbocycles. The predicted octanol–water partition coefficient (Wildman–Crippen LogP) is 6.51. The summed E-state index contributed by atoms with van der Waals surface area (Å²) >= 11 is 0. The number of aromatic hydroxyl groups is 1. The van der Waals surface area contributed by atoms with Crippen molar-refractivity contribution in [2.75, 3.05) is 25.2 Å². The van der Waals surface area contributed by atoms with Gasteiger partial charge in [0.15, 0.2) is 17.5 Å². The molecule has 1 fully saturated rings. The second-order valence-electron chi connectivity index (χ2n) is 10.3. The largest absolute Gasteiger partial charge is 0.507 e. The average molecular weight is 530 g/mol. The minimum absolute atomic E-state index is 0.0310. The van der Waals surface area contributed by atoms with E-state index in [0.29, 0.717) is 5.82 Å². The van der Waals surface area contributed by atoms with E-state index in [1.807, 2.05) is 4.90 Å². The van der Waals surface area contributed by atoms with Crippen molar-refractivity contribution >= 4 is 5.82 Å². The first kappa shape index (κ1) is 27.6. The summed E-state index contributed by atoms with van der Waals surface area (Å²) in [5.74, 6) is -2.35. The summed E-state index contributed by atoms with van der Waals surface area (Å²) < 4.78 is 48.9. The molecule has 3 aromatic rings. The molecule has 204 valence electrons. The van der Waals surface area contributed by atoms with Crippen molar-refractivity contribution in [1.29, 1.82) is 0 Å². The summed E-state index contributed by atoms with van der Waals surface area (Å²) in [6, 6.07) is 5.70.